The summed E-state index contributed by atoms with van der Waals surface area (Å²) in [7, 11) is 0. The lowest BCUT2D eigenvalue weighted by Crippen LogP contribution is -2.45. The van der Waals surface area contributed by atoms with E-state index in [2.05, 4.69) is 28.1 Å². The number of ether oxygens (including phenoxy) is 1. The number of likely N-dealkylation sites (tertiary alicyclic amines) is 1. The molecule has 34 heavy (non-hydrogen) atoms. The van der Waals surface area contributed by atoms with E-state index < -0.39 is 5.60 Å². The van der Waals surface area contributed by atoms with Gasteiger partial charge in [-0.25, -0.2) is 14.8 Å². The summed E-state index contributed by atoms with van der Waals surface area (Å²) in [5.74, 6) is 0.458. The van der Waals surface area contributed by atoms with Gasteiger partial charge in [-0.15, -0.1) is 0 Å². The molecule has 2 amide bonds. The van der Waals surface area contributed by atoms with Crippen LogP contribution < -0.4 is 5.32 Å². The first-order chi connectivity index (χ1) is 16.2. The van der Waals surface area contributed by atoms with Crippen molar-refractivity contribution in [2.24, 2.45) is 5.92 Å². The molecule has 2 aromatic heterocycles. The van der Waals surface area contributed by atoms with Crippen LogP contribution in [0.3, 0.4) is 0 Å². The molecular weight excluding hydrogens is 450 g/mol. The zero-order chi connectivity index (χ0) is 25.5. The third-order valence-corrected chi connectivity index (χ3v) is 5.76. The van der Waals surface area contributed by atoms with Crippen LogP contribution in [0.25, 0.3) is 11.2 Å². The molecule has 2 aromatic rings. The lowest BCUT2D eigenvalue weighted by atomic mass is 9.98. The van der Waals surface area contributed by atoms with Crippen LogP contribution >= 0.6 is 12.8 Å². The largest absolute Gasteiger partial charge is 0.444 e. The van der Waals surface area contributed by atoms with E-state index in [-0.39, 0.29) is 17.9 Å². The van der Waals surface area contributed by atoms with Gasteiger partial charge in [0.1, 0.15) is 11.1 Å². The minimum Gasteiger partial charge on any atom is -0.444 e. The van der Waals surface area contributed by atoms with Gasteiger partial charge in [-0.3, -0.25) is 8.77 Å². The predicted octanol–water partition coefficient (Wildman–Crippen LogP) is 5.43. The van der Waals surface area contributed by atoms with Crippen molar-refractivity contribution in [2.45, 2.75) is 85.7 Å². The number of rotatable bonds is 4. The number of hydrogen-bond acceptors (Lipinski definition) is 6. The highest BCUT2D eigenvalue weighted by molar-refractivity contribution is 7.78. The highest BCUT2D eigenvalue weighted by Crippen LogP contribution is 2.39. The van der Waals surface area contributed by atoms with Gasteiger partial charge in [-0.2, -0.15) is 0 Å². The van der Waals surface area contributed by atoms with Crippen LogP contribution in [0.5, 0.6) is 0 Å². The Hall–Kier alpha value is -2.29. The van der Waals surface area contributed by atoms with E-state index in [1.807, 2.05) is 48.5 Å². The molecule has 3 heterocycles. The van der Waals surface area contributed by atoms with Gasteiger partial charge in [0.15, 0.2) is 5.65 Å². The highest BCUT2D eigenvalue weighted by Gasteiger charge is 2.29. The molecule has 2 aliphatic rings. The van der Waals surface area contributed by atoms with Gasteiger partial charge in [0, 0.05) is 31.7 Å². The molecule has 190 valence electrons. The van der Waals surface area contributed by atoms with Gasteiger partial charge < -0.3 is 15.0 Å². The Balaban J connectivity index is 0.000000970. The van der Waals surface area contributed by atoms with Crippen LogP contribution in [-0.2, 0) is 4.74 Å². The number of carbonyl (C=O) groups excluding carboxylic acids is 2. The summed E-state index contributed by atoms with van der Waals surface area (Å²) < 4.78 is 7.02. The fourth-order valence-electron chi connectivity index (χ4n) is 3.79. The molecule has 1 N–H and O–H groups in total. The Morgan fingerprint density at radius 1 is 1.18 bits per heavy atom. The van der Waals surface area contributed by atoms with E-state index in [9.17, 15) is 9.59 Å². The van der Waals surface area contributed by atoms with Crippen molar-refractivity contribution >= 4 is 36.0 Å². The molecule has 1 saturated carbocycles. The van der Waals surface area contributed by atoms with Crippen molar-refractivity contribution in [3.05, 3.63) is 23.7 Å². The summed E-state index contributed by atoms with van der Waals surface area (Å²) in [6.45, 7) is 15.3. The van der Waals surface area contributed by atoms with Crippen LogP contribution in [0.15, 0.2) is 12.4 Å². The standard InChI is InChI=1S/C21H29N5O3S.2C2H6/c1-21(2,3)29-20(28)25-8-4-5-13(11-25)9-23-19(27)15-12-26(30)18-17(15)24-16(10-22-18)14-6-7-14;2*1-2/h10,12-14,30H,4-9,11H2,1-3H3,(H,23,27);2*1-2H3. The minimum atomic E-state index is -0.514. The van der Waals surface area contributed by atoms with Crippen molar-refractivity contribution in [1.29, 1.82) is 0 Å². The zero-order valence-corrected chi connectivity index (χ0v) is 22.6. The van der Waals surface area contributed by atoms with Gasteiger partial charge in [-0.1, -0.05) is 40.5 Å². The van der Waals surface area contributed by atoms with Crippen molar-refractivity contribution < 1.29 is 14.3 Å². The maximum Gasteiger partial charge on any atom is 0.410 e. The lowest BCUT2D eigenvalue weighted by Gasteiger charge is -2.34. The third-order valence-electron chi connectivity index (χ3n) is 5.46. The zero-order valence-electron chi connectivity index (χ0n) is 21.7. The van der Waals surface area contributed by atoms with Crippen molar-refractivity contribution in [2.75, 3.05) is 19.6 Å². The summed E-state index contributed by atoms with van der Waals surface area (Å²) in [5.41, 5.74) is 2.08. The number of carbonyl (C=O) groups is 2. The van der Waals surface area contributed by atoms with Crippen molar-refractivity contribution in [3.63, 3.8) is 0 Å². The Bertz CT molecular complexity index is 965. The monoisotopic (exact) mass is 491 g/mol. The summed E-state index contributed by atoms with van der Waals surface area (Å²) in [6, 6.07) is 0. The molecule has 1 aliphatic heterocycles. The van der Waals surface area contributed by atoms with Gasteiger partial charge in [0.05, 0.1) is 17.5 Å². The SMILES string of the molecule is CC.CC.CC(C)(C)OC(=O)N1CCCC(CNC(=O)c2cn(S)c3ncc(C4CC4)nc23)C1. The molecule has 0 bridgehead atoms. The van der Waals surface area contributed by atoms with Crippen LogP contribution in [0.1, 0.15) is 96.1 Å². The highest BCUT2D eigenvalue weighted by atomic mass is 32.1. The van der Waals surface area contributed by atoms with Crippen molar-refractivity contribution in [3.8, 4) is 0 Å². The van der Waals surface area contributed by atoms with Gasteiger partial charge >= 0.3 is 6.09 Å². The molecule has 1 aliphatic carbocycles. The topological polar surface area (TPSA) is 89.4 Å². The second kappa shape index (κ2) is 12.4. The summed E-state index contributed by atoms with van der Waals surface area (Å²) >= 11 is 4.38. The first-order valence-corrected chi connectivity index (χ1v) is 12.9. The summed E-state index contributed by atoms with van der Waals surface area (Å²) in [5, 5.41) is 3.01. The number of hydrogen-bond donors (Lipinski definition) is 2. The van der Waals surface area contributed by atoms with E-state index in [0.29, 0.717) is 42.3 Å². The second-order valence-corrected chi connectivity index (χ2v) is 9.70. The van der Waals surface area contributed by atoms with Gasteiger partial charge in [0.2, 0.25) is 0 Å². The third kappa shape index (κ3) is 7.35. The Morgan fingerprint density at radius 2 is 1.85 bits per heavy atom. The number of nitrogens with one attached hydrogen (secondary N) is 1. The average Bonchev–Trinajstić information content (AvgIpc) is 3.63. The van der Waals surface area contributed by atoms with Crippen LogP contribution in [0.2, 0.25) is 0 Å². The van der Waals surface area contributed by atoms with E-state index in [1.54, 1.807) is 21.3 Å². The molecule has 0 spiro atoms. The first kappa shape index (κ1) is 28.0. The minimum absolute atomic E-state index is 0.188. The van der Waals surface area contributed by atoms with Gasteiger partial charge in [-0.05, 0) is 52.4 Å². The Labute approximate surface area is 209 Å². The number of nitrogens with zero attached hydrogens (tertiary/aromatic N) is 4. The average molecular weight is 492 g/mol. The molecule has 1 saturated heterocycles. The number of thiol groups is 1. The maximum atomic E-state index is 12.9. The van der Waals surface area contributed by atoms with Crippen LogP contribution in [0, 0.1) is 5.92 Å². The molecule has 0 radical (unpaired) electrons. The quantitative estimate of drug-likeness (QED) is 0.557. The normalized spacial score (nSPS) is 17.8. The fourth-order valence-corrected chi connectivity index (χ4v) is 4.05. The molecule has 0 aromatic carbocycles. The van der Waals surface area contributed by atoms with E-state index >= 15 is 0 Å². The maximum absolute atomic E-state index is 12.9. The number of amides is 2. The molecule has 4 rings (SSSR count). The molecule has 2 fully saturated rings. The summed E-state index contributed by atoms with van der Waals surface area (Å²) in [4.78, 5) is 36.1. The number of aromatic nitrogens is 3. The fraction of sp³-hybridized carbons (Fsp3) is 0.680. The molecule has 8 nitrogen and oxygen atoms in total. The molecular formula is C25H41N5O3S. The van der Waals surface area contributed by atoms with E-state index in [4.69, 9.17) is 4.74 Å². The summed E-state index contributed by atoms with van der Waals surface area (Å²) in [6.07, 6.45) is 7.25. The first-order valence-electron chi connectivity index (χ1n) is 12.5. The molecule has 9 heteroatoms. The Kier molecular flexibility index (Phi) is 10.2. The van der Waals surface area contributed by atoms with E-state index in [0.717, 1.165) is 31.4 Å². The van der Waals surface area contributed by atoms with Crippen LogP contribution in [0.4, 0.5) is 4.79 Å². The van der Waals surface area contributed by atoms with Gasteiger partial charge in [0.25, 0.3) is 5.91 Å². The predicted molar refractivity (Wildman–Crippen MR) is 139 cm³/mol. The van der Waals surface area contributed by atoms with Crippen molar-refractivity contribution in [1.82, 2.24) is 24.2 Å². The lowest BCUT2D eigenvalue weighted by molar-refractivity contribution is 0.0167. The van der Waals surface area contributed by atoms with Crippen LogP contribution in [-0.4, -0.2) is 56.1 Å². The second-order valence-electron chi connectivity index (χ2n) is 9.27. The number of fused-ring (bicyclic) bond motifs is 1. The van der Waals surface area contributed by atoms with E-state index in [1.165, 1.54) is 0 Å². The molecule has 1 unspecified atom stereocenters. The number of piperidine rings is 1. The smallest absolute Gasteiger partial charge is 0.410 e. The Morgan fingerprint density at radius 3 is 2.47 bits per heavy atom. The molecule has 1 atom stereocenters.